The van der Waals surface area contributed by atoms with Crippen molar-refractivity contribution in [1.29, 1.82) is 0 Å². The number of hydrogen-bond acceptors (Lipinski definition) is 3. The zero-order valence-corrected chi connectivity index (χ0v) is 13.4. The van der Waals surface area contributed by atoms with Gasteiger partial charge in [0.05, 0.1) is 6.54 Å². The molecule has 1 aromatic carbocycles. The maximum absolute atomic E-state index is 12.3. The van der Waals surface area contributed by atoms with Crippen LogP contribution in [-0.4, -0.2) is 36.5 Å². The number of rotatable bonds is 4. The molecule has 1 saturated heterocycles. The second-order valence-electron chi connectivity index (χ2n) is 6.19. The van der Waals surface area contributed by atoms with E-state index in [1.807, 2.05) is 19.1 Å². The quantitative estimate of drug-likeness (QED) is 0.894. The topological polar surface area (TPSA) is 58.4 Å². The number of carbonyl (C=O) groups is 1. The van der Waals surface area contributed by atoms with E-state index in [1.165, 1.54) is 12.0 Å². The van der Waals surface area contributed by atoms with Crippen LogP contribution in [0.5, 0.6) is 0 Å². The SMILES string of the molecule is Cc1cccc(NC(=O)CN2CCCC(C)C2CN)c1C. The average molecular weight is 289 g/mol. The lowest BCUT2D eigenvalue weighted by atomic mass is 9.91. The van der Waals surface area contributed by atoms with Gasteiger partial charge in [-0.25, -0.2) is 0 Å². The first-order valence-corrected chi connectivity index (χ1v) is 7.83. The first kappa shape index (κ1) is 16.0. The number of piperidine rings is 1. The van der Waals surface area contributed by atoms with Crippen LogP contribution >= 0.6 is 0 Å². The summed E-state index contributed by atoms with van der Waals surface area (Å²) in [6, 6.07) is 6.31. The molecule has 2 atom stereocenters. The highest BCUT2D eigenvalue weighted by atomic mass is 16.2. The van der Waals surface area contributed by atoms with Crippen molar-refractivity contribution in [3.05, 3.63) is 29.3 Å². The maximum atomic E-state index is 12.3. The molecule has 1 aliphatic heterocycles. The second-order valence-corrected chi connectivity index (χ2v) is 6.19. The Bertz CT molecular complexity index is 501. The number of nitrogens with zero attached hydrogens (tertiary/aromatic N) is 1. The minimum absolute atomic E-state index is 0.0521. The molecule has 1 aliphatic rings. The van der Waals surface area contributed by atoms with Gasteiger partial charge in [0.1, 0.15) is 0 Å². The molecule has 4 heteroatoms. The maximum Gasteiger partial charge on any atom is 0.238 e. The fourth-order valence-electron chi connectivity index (χ4n) is 3.17. The van der Waals surface area contributed by atoms with Gasteiger partial charge in [-0.2, -0.15) is 0 Å². The first-order valence-electron chi connectivity index (χ1n) is 7.83. The molecule has 116 valence electrons. The van der Waals surface area contributed by atoms with Crippen molar-refractivity contribution in [2.24, 2.45) is 11.7 Å². The van der Waals surface area contributed by atoms with Gasteiger partial charge in [0, 0.05) is 18.3 Å². The highest BCUT2D eigenvalue weighted by molar-refractivity contribution is 5.93. The summed E-state index contributed by atoms with van der Waals surface area (Å²) in [6.45, 7) is 8.34. The lowest BCUT2D eigenvalue weighted by Crippen LogP contribution is -2.51. The van der Waals surface area contributed by atoms with E-state index in [-0.39, 0.29) is 5.91 Å². The third-order valence-corrected chi connectivity index (χ3v) is 4.70. The van der Waals surface area contributed by atoms with E-state index in [0.29, 0.717) is 25.0 Å². The number of carbonyl (C=O) groups excluding carboxylic acids is 1. The molecule has 1 fully saturated rings. The van der Waals surface area contributed by atoms with E-state index in [0.717, 1.165) is 24.2 Å². The molecule has 4 nitrogen and oxygen atoms in total. The monoisotopic (exact) mass is 289 g/mol. The molecule has 2 rings (SSSR count). The summed E-state index contributed by atoms with van der Waals surface area (Å²) < 4.78 is 0. The van der Waals surface area contributed by atoms with E-state index < -0.39 is 0 Å². The van der Waals surface area contributed by atoms with Crippen LogP contribution in [0, 0.1) is 19.8 Å². The van der Waals surface area contributed by atoms with Crippen LogP contribution in [0.4, 0.5) is 5.69 Å². The normalized spacial score (nSPS) is 23.0. The molecule has 0 spiro atoms. The highest BCUT2D eigenvalue weighted by Crippen LogP contribution is 2.23. The Hall–Kier alpha value is -1.39. The fraction of sp³-hybridized carbons (Fsp3) is 0.588. The Morgan fingerprint density at radius 1 is 1.43 bits per heavy atom. The lowest BCUT2D eigenvalue weighted by molar-refractivity contribution is -0.118. The number of benzene rings is 1. The summed E-state index contributed by atoms with van der Waals surface area (Å²) in [5.41, 5.74) is 9.12. The minimum Gasteiger partial charge on any atom is -0.329 e. The predicted molar refractivity (Wildman–Crippen MR) is 87.4 cm³/mol. The van der Waals surface area contributed by atoms with Gasteiger partial charge in [0.2, 0.25) is 5.91 Å². The molecule has 0 aromatic heterocycles. The summed E-state index contributed by atoms with van der Waals surface area (Å²) in [6.07, 6.45) is 2.35. The number of hydrogen-bond donors (Lipinski definition) is 2. The van der Waals surface area contributed by atoms with E-state index in [2.05, 4.69) is 30.1 Å². The lowest BCUT2D eigenvalue weighted by Gasteiger charge is -2.38. The molecular formula is C17H27N3O. The van der Waals surface area contributed by atoms with Crippen LogP contribution in [0.15, 0.2) is 18.2 Å². The van der Waals surface area contributed by atoms with Crippen LogP contribution in [0.2, 0.25) is 0 Å². The summed E-state index contributed by atoms with van der Waals surface area (Å²) in [7, 11) is 0. The Morgan fingerprint density at radius 3 is 2.90 bits per heavy atom. The third-order valence-electron chi connectivity index (χ3n) is 4.70. The number of anilines is 1. The predicted octanol–water partition coefficient (Wildman–Crippen LogP) is 2.30. The molecule has 21 heavy (non-hydrogen) atoms. The van der Waals surface area contributed by atoms with E-state index in [1.54, 1.807) is 0 Å². The molecule has 0 saturated carbocycles. The number of amides is 1. The van der Waals surface area contributed by atoms with Crippen molar-refractivity contribution in [2.45, 2.75) is 39.7 Å². The summed E-state index contributed by atoms with van der Waals surface area (Å²) >= 11 is 0. The van der Waals surface area contributed by atoms with Crippen molar-refractivity contribution in [3.8, 4) is 0 Å². The molecule has 0 bridgehead atoms. The van der Waals surface area contributed by atoms with E-state index in [9.17, 15) is 4.79 Å². The largest absolute Gasteiger partial charge is 0.329 e. The molecular weight excluding hydrogens is 262 g/mol. The van der Waals surface area contributed by atoms with Crippen LogP contribution in [0.25, 0.3) is 0 Å². The number of aryl methyl sites for hydroxylation is 1. The zero-order chi connectivity index (χ0) is 15.4. The Labute approximate surface area is 127 Å². The molecule has 0 radical (unpaired) electrons. The number of nitrogens with two attached hydrogens (primary N) is 1. The fourth-order valence-corrected chi connectivity index (χ4v) is 3.17. The summed E-state index contributed by atoms with van der Waals surface area (Å²) in [4.78, 5) is 14.5. The van der Waals surface area contributed by atoms with Gasteiger partial charge in [-0.05, 0) is 56.3 Å². The van der Waals surface area contributed by atoms with Gasteiger partial charge in [0.25, 0.3) is 0 Å². The van der Waals surface area contributed by atoms with Crippen molar-refractivity contribution >= 4 is 11.6 Å². The van der Waals surface area contributed by atoms with Crippen LogP contribution in [0.1, 0.15) is 30.9 Å². The first-order chi connectivity index (χ1) is 10.0. The van der Waals surface area contributed by atoms with Crippen molar-refractivity contribution in [3.63, 3.8) is 0 Å². The zero-order valence-electron chi connectivity index (χ0n) is 13.4. The molecule has 1 aromatic rings. The standard InChI is InChI=1S/C17H27N3O/c1-12-6-4-8-15(14(12)3)19-17(21)11-20-9-5-7-13(2)16(20)10-18/h4,6,8,13,16H,5,7,9-11,18H2,1-3H3,(H,19,21). The minimum atomic E-state index is 0.0521. The average Bonchev–Trinajstić information content (AvgIpc) is 2.44. The van der Waals surface area contributed by atoms with Crippen LogP contribution < -0.4 is 11.1 Å². The molecule has 2 unspecified atom stereocenters. The van der Waals surface area contributed by atoms with E-state index >= 15 is 0 Å². The van der Waals surface area contributed by atoms with E-state index in [4.69, 9.17) is 5.73 Å². The van der Waals surface area contributed by atoms with Crippen molar-refractivity contribution < 1.29 is 4.79 Å². The molecule has 0 aliphatic carbocycles. The summed E-state index contributed by atoms with van der Waals surface area (Å²) in [5, 5.41) is 3.04. The van der Waals surface area contributed by atoms with Gasteiger partial charge < -0.3 is 11.1 Å². The Kier molecular flexibility index (Phi) is 5.37. The number of nitrogens with one attached hydrogen (secondary N) is 1. The van der Waals surface area contributed by atoms with Crippen molar-refractivity contribution in [1.82, 2.24) is 4.90 Å². The third kappa shape index (κ3) is 3.83. The molecule has 1 heterocycles. The van der Waals surface area contributed by atoms with Crippen LogP contribution in [-0.2, 0) is 4.79 Å². The second kappa shape index (κ2) is 7.05. The summed E-state index contributed by atoms with van der Waals surface area (Å²) in [5.74, 6) is 0.619. The van der Waals surface area contributed by atoms with Crippen molar-refractivity contribution in [2.75, 3.05) is 25.0 Å². The molecule has 3 N–H and O–H groups in total. The van der Waals surface area contributed by atoms with Gasteiger partial charge in [0.15, 0.2) is 0 Å². The Morgan fingerprint density at radius 2 is 2.19 bits per heavy atom. The van der Waals surface area contributed by atoms with Crippen LogP contribution in [0.3, 0.4) is 0 Å². The van der Waals surface area contributed by atoms with Gasteiger partial charge in [-0.3, -0.25) is 9.69 Å². The smallest absolute Gasteiger partial charge is 0.238 e. The molecule has 1 amide bonds. The highest BCUT2D eigenvalue weighted by Gasteiger charge is 2.28. The van der Waals surface area contributed by atoms with Gasteiger partial charge >= 0.3 is 0 Å². The number of likely N-dealkylation sites (tertiary alicyclic amines) is 1. The Balaban J connectivity index is 1.99. The van der Waals surface area contributed by atoms with Gasteiger partial charge in [-0.15, -0.1) is 0 Å². The van der Waals surface area contributed by atoms with Gasteiger partial charge in [-0.1, -0.05) is 19.1 Å².